The fourth-order valence-corrected chi connectivity index (χ4v) is 3.48. The summed E-state index contributed by atoms with van der Waals surface area (Å²) in [6.45, 7) is 3.89. The van der Waals surface area contributed by atoms with Gasteiger partial charge in [0.15, 0.2) is 0 Å². The number of halogens is 2. The van der Waals surface area contributed by atoms with E-state index in [1.165, 1.54) is 5.56 Å². The number of rotatable bonds is 7. The fraction of sp³-hybridized carbons (Fsp3) is 0.409. The van der Waals surface area contributed by atoms with Gasteiger partial charge in [-0.1, -0.05) is 24.3 Å². The average molecular weight is 440 g/mol. The zero-order valence-electron chi connectivity index (χ0n) is 16.8. The zero-order chi connectivity index (χ0) is 19.1. The van der Waals surface area contributed by atoms with Crippen LogP contribution >= 0.6 is 24.8 Å². The van der Waals surface area contributed by atoms with Crippen molar-refractivity contribution < 1.29 is 9.53 Å². The van der Waals surface area contributed by atoms with Crippen LogP contribution < -0.4 is 15.8 Å². The average Bonchev–Trinajstić information content (AvgIpc) is 2.70. The molecule has 2 aromatic rings. The minimum Gasteiger partial charge on any atom is -0.497 e. The lowest BCUT2D eigenvalue weighted by Gasteiger charge is -2.32. The predicted octanol–water partition coefficient (Wildman–Crippen LogP) is 3.69. The van der Waals surface area contributed by atoms with E-state index in [-0.39, 0.29) is 30.7 Å². The quantitative estimate of drug-likeness (QED) is 0.645. The first-order valence-electron chi connectivity index (χ1n) is 9.59. The summed E-state index contributed by atoms with van der Waals surface area (Å²) in [4.78, 5) is 14.6. The van der Waals surface area contributed by atoms with E-state index in [2.05, 4.69) is 22.3 Å². The number of methoxy groups -OCH3 is 1. The van der Waals surface area contributed by atoms with Gasteiger partial charge in [0.2, 0.25) is 5.91 Å². The van der Waals surface area contributed by atoms with Crippen LogP contribution in [0.4, 0.5) is 5.69 Å². The standard InChI is InChI=1S/C22H29N3O2.2ClH/c1-27-21-8-4-19(5-9-21)16-25-12-10-18(11-13-25)15-24-22(26)14-17-2-6-20(23)7-3-17;;/h2-9,18H,10-16,23H2,1H3,(H,24,26);2*1H. The van der Waals surface area contributed by atoms with E-state index < -0.39 is 0 Å². The van der Waals surface area contributed by atoms with Gasteiger partial charge in [0, 0.05) is 18.8 Å². The molecule has 1 fully saturated rings. The number of benzene rings is 2. The largest absolute Gasteiger partial charge is 0.497 e. The van der Waals surface area contributed by atoms with Crippen molar-refractivity contribution in [3.05, 3.63) is 59.7 Å². The van der Waals surface area contributed by atoms with Gasteiger partial charge in [0.1, 0.15) is 5.75 Å². The molecule has 160 valence electrons. The van der Waals surface area contributed by atoms with Gasteiger partial charge in [-0.25, -0.2) is 0 Å². The van der Waals surface area contributed by atoms with Crippen LogP contribution in [-0.2, 0) is 17.8 Å². The second-order valence-electron chi connectivity index (χ2n) is 7.29. The number of likely N-dealkylation sites (tertiary alicyclic amines) is 1. The number of hydrogen-bond donors (Lipinski definition) is 2. The minimum atomic E-state index is 0. The molecular formula is C22H31Cl2N3O2. The maximum absolute atomic E-state index is 12.1. The molecule has 1 aliphatic rings. The molecule has 0 aromatic heterocycles. The molecule has 0 spiro atoms. The maximum Gasteiger partial charge on any atom is 0.224 e. The third-order valence-electron chi connectivity index (χ3n) is 5.20. The summed E-state index contributed by atoms with van der Waals surface area (Å²) >= 11 is 0. The van der Waals surface area contributed by atoms with E-state index in [9.17, 15) is 4.79 Å². The molecule has 0 radical (unpaired) electrons. The summed E-state index contributed by atoms with van der Waals surface area (Å²) in [5.74, 6) is 1.54. The molecule has 1 saturated heterocycles. The second-order valence-corrected chi connectivity index (χ2v) is 7.29. The Balaban J connectivity index is 0.00000210. The number of carbonyl (C=O) groups excluding carboxylic acids is 1. The van der Waals surface area contributed by atoms with Crippen molar-refractivity contribution in [1.29, 1.82) is 0 Å². The van der Waals surface area contributed by atoms with E-state index in [4.69, 9.17) is 10.5 Å². The molecule has 3 N–H and O–H groups in total. The van der Waals surface area contributed by atoms with Gasteiger partial charge < -0.3 is 15.8 Å². The molecule has 5 nitrogen and oxygen atoms in total. The Bertz CT molecular complexity index is 731. The van der Waals surface area contributed by atoms with Crippen molar-refractivity contribution in [2.45, 2.75) is 25.8 Å². The summed E-state index contributed by atoms with van der Waals surface area (Å²) in [5.41, 5.74) is 8.71. The SMILES string of the molecule is COc1ccc(CN2CCC(CNC(=O)Cc3ccc(N)cc3)CC2)cc1.Cl.Cl. The van der Waals surface area contributed by atoms with E-state index in [1.54, 1.807) is 7.11 Å². The second kappa shape index (κ2) is 12.6. The molecule has 0 aliphatic carbocycles. The number of amides is 1. The highest BCUT2D eigenvalue weighted by Crippen LogP contribution is 2.19. The number of nitrogens with two attached hydrogens (primary N) is 1. The Hall–Kier alpha value is -1.95. The molecule has 3 rings (SSSR count). The third kappa shape index (κ3) is 8.13. The molecule has 7 heteroatoms. The maximum atomic E-state index is 12.1. The van der Waals surface area contributed by atoms with Crippen molar-refractivity contribution in [3.8, 4) is 5.75 Å². The number of hydrogen-bond acceptors (Lipinski definition) is 4. The van der Waals surface area contributed by atoms with Crippen molar-refractivity contribution in [2.75, 3.05) is 32.5 Å². The Morgan fingerprint density at radius 2 is 1.62 bits per heavy atom. The molecule has 1 aliphatic heterocycles. The van der Waals surface area contributed by atoms with Crippen molar-refractivity contribution in [1.82, 2.24) is 10.2 Å². The van der Waals surface area contributed by atoms with Crippen LogP contribution in [0.1, 0.15) is 24.0 Å². The Morgan fingerprint density at radius 3 is 2.21 bits per heavy atom. The molecule has 0 unspecified atom stereocenters. The van der Waals surface area contributed by atoms with Gasteiger partial charge in [-0.2, -0.15) is 0 Å². The summed E-state index contributed by atoms with van der Waals surface area (Å²) in [6.07, 6.45) is 2.66. The van der Waals surface area contributed by atoms with Crippen LogP contribution in [-0.4, -0.2) is 37.6 Å². The smallest absolute Gasteiger partial charge is 0.224 e. The molecule has 2 aromatic carbocycles. The number of piperidine rings is 1. The minimum absolute atomic E-state index is 0. The summed E-state index contributed by atoms with van der Waals surface area (Å²) in [5, 5.41) is 3.09. The molecule has 0 saturated carbocycles. The number of nitrogens with one attached hydrogen (secondary N) is 1. The number of carbonyl (C=O) groups is 1. The van der Waals surface area contributed by atoms with Gasteiger partial charge in [-0.3, -0.25) is 9.69 Å². The Morgan fingerprint density at radius 1 is 1.03 bits per heavy atom. The summed E-state index contributed by atoms with van der Waals surface area (Å²) < 4.78 is 5.21. The highest BCUT2D eigenvalue weighted by Gasteiger charge is 2.19. The Labute approximate surface area is 185 Å². The molecule has 1 amide bonds. The van der Waals surface area contributed by atoms with Crippen molar-refractivity contribution >= 4 is 36.4 Å². The summed E-state index contributed by atoms with van der Waals surface area (Å²) in [7, 11) is 1.69. The number of nitrogen functional groups attached to an aromatic ring is 1. The topological polar surface area (TPSA) is 67.6 Å². The zero-order valence-corrected chi connectivity index (χ0v) is 18.4. The van der Waals surface area contributed by atoms with Crippen LogP contribution in [0, 0.1) is 5.92 Å². The lowest BCUT2D eigenvalue weighted by atomic mass is 9.96. The van der Waals surface area contributed by atoms with Crippen molar-refractivity contribution in [2.24, 2.45) is 5.92 Å². The first-order valence-corrected chi connectivity index (χ1v) is 9.59. The Kier molecular flexibility index (Phi) is 10.9. The lowest BCUT2D eigenvalue weighted by Crippen LogP contribution is -2.38. The van der Waals surface area contributed by atoms with Gasteiger partial charge in [0.25, 0.3) is 0 Å². The number of nitrogens with zero attached hydrogens (tertiary/aromatic N) is 1. The van der Waals surface area contributed by atoms with Crippen molar-refractivity contribution in [3.63, 3.8) is 0 Å². The van der Waals surface area contributed by atoms with E-state index in [0.717, 1.165) is 56.0 Å². The van der Waals surface area contributed by atoms with Gasteiger partial charge >= 0.3 is 0 Å². The van der Waals surface area contributed by atoms with Gasteiger partial charge in [-0.15, -0.1) is 24.8 Å². The third-order valence-corrected chi connectivity index (χ3v) is 5.20. The first kappa shape index (κ1) is 25.1. The predicted molar refractivity (Wildman–Crippen MR) is 123 cm³/mol. The lowest BCUT2D eigenvalue weighted by molar-refractivity contribution is -0.120. The summed E-state index contributed by atoms with van der Waals surface area (Å²) in [6, 6.07) is 15.8. The molecule has 1 heterocycles. The van der Waals surface area contributed by atoms with E-state index in [1.807, 2.05) is 36.4 Å². The first-order chi connectivity index (χ1) is 13.1. The monoisotopic (exact) mass is 439 g/mol. The van der Waals surface area contributed by atoms with Crippen LogP contribution in [0.25, 0.3) is 0 Å². The normalized spacial score (nSPS) is 14.4. The van der Waals surface area contributed by atoms with Crippen LogP contribution in [0.5, 0.6) is 5.75 Å². The van der Waals surface area contributed by atoms with Crippen LogP contribution in [0.3, 0.4) is 0 Å². The van der Waals surface area contributed by atoms with Gasteiger partial charge in [-0.05, 0) is 67.2 Å². The molecular weight excluding hydrogens is 409 g/mol. The molecule has 0 atom stereocenters. The van der Waals surface area contributed by atoms with Crippen LogP contribution in [0.2, 0.25) is 0 Å². The van der Waals surface area contributed by atoms with Crippen LogP contribution in [0.15, 0.2) is 48.5 Å². The number of anilines is 1. The molecule has 0 bridgehead atoms. The van der Waals surface area contributed by atoms with E-state index in [0.29, 0.717) is 12.3 Å². The van der Waals surface area contributed by atoms with E-state index >= 15 is 0 Å². The highest BCUT2D eigenvalue weighted by atomic mass is 35.5. The number of ether oxygens (including phenoxy) is 1. The van der Waals surface area contributed by atoms with Gasteiger partial charge in [0.05, 0.1) is 13.5 Å². The fourth-order valence-electron chi connectivity index (χ4n) is 3.48. The molecule has 29 heavy (non-hydrogen) atoms. The highest BCUT2D eigenvalue weighted by molar-refractivity contribution is 5.85.